The van der Waals surface area contributed by atoms with E-state index in [0.29, 0.717) is 16.9 Å². The minimum atomic E-state index is -0.498. The molecule has 3 N–H and O–H groups in total. The summed E-state index contributed by atoms with van der Waals surface area (Å²) in [5, 5.41) is 7.79. The summed E-state index contributed by atoms with van der Waals surface area (Å²) in [5.41, 5.74) is 2.24. The zero-order valence-corrected chi connectivity index (χ0v) is 11.5. The second-order valence-electron chi connectivity index (χ2n) is 4.96. The van der Waals surface area contributed by atoms with Crippen LogP contribution in [-0.4, -0.2) is 21.9 Å². The van der Waals surface area contributed by atoms with E-state index in [2.05, 4.69) is 15.5 Å². The number of aromatic nitrogens is 2. The number of nitrogens with one attached hydrogen (secondary N) is 3. The molecule has 1 aliphatic heterocycles. The van der Waals surface area contributed by atoms with Gasteiger partial charge in [0, 0.05) is 11.3 Å². The molecular weight excluding hydrogens is 270 g/mol. The van der Waals surface area contributed by atoms with Crippen LogP contribution in [0.5, 0.6) is 0 Å². The topological polar surface area (TPSA) is 94.8 Å². The van der Waals surface area contributed by atoms with Crippen LogP contribution in [-0.2, 0) is 4.79 Å². The van der Waals surface area contributed by atoms with Gasteiger partial charge in [0.2, 0.25) is 5.78 Å². The zero-order chi connectivity index (χ0) is 15.1. The molecule has 2 heterocycles. The Balaban J connectivity index is 2.16. The second kappa shape index (κ2) is 4.59. The molecule has 0 aliphatic carbocycles. The van der Waals surface area contributed by atoms with Crippen LogP contribution in [0.1, 0.15) is 27.2 Å². The number of aromatic amines is 2. The maximum Gasteiger partial charge on any atom is 0.271 e. The highest BCUT2D eigenvalue weighted by Crippen LogP contribution is 2.29. The summed E-state index contributed by atoms with van der Waals surface area (Å²) in [6, 6.07) is 5.24. The Hall–Kier alpha value is -2.89. The summed E-state index contributed by atoms with van der Waals surface area (Å²) >= 11 is 0. The maximum atomic E-state index is 12.5. The number of hydrogen-bond donors (Lipinski definition) is 3. The molecule has 0 fully saturated rings. The molecule has 0 saturated heterocycles. The van der Waals surface area contributed by atoms with E-state index in [4.69, 9.17) is 0 Å². The molecule has 1 aliphatic rings. The number of hydrogen-bond acceptors (Lipinski definition) is 3. The van der Waals surface area contributed by atoms with Gasteiger partial charge in [-0.2, -0.15) is 0 Å². The largest absolute Gasteiger partial charge is 0.321 e. The average Bonchev–Trinajstić information content (AvgIpc) is 2.76. The Morgan fingerprint density at radius 1 is 1.05 bits per heavy atom. The highest BCUT2D eigenvalue weighted by atomic mass is 16.2. The lowest BCUT2D eigenvalue weighted by Gasteiger charge is -2.19. The lowest BCUT2D eigenvalue weighted by Crippen LogP contribution is -2.28. The van der Waals surface area contributed by atoms with E-state index in [0.717, 1.165) is 5.56 Å². The number of Topliss-reactive ketones (excluding diaryl/α,β-unsaturated/α-hetero) is 1. The quantitative estimate of drug-likeness (QED) is 0.547. The van der Waals surface area contributed by atoms with Gasteiger partial charge < -0.3 is 10.4 Å². The molecule has 2 aromatic rings. The van der Waals surface area contributed by atoms with Crippen molar-refractivity contribution in [1.82, 2.24) is 10.2 Å². The number of para-hydroxylation sites is 1. The third kappa shape index (κ3) is 2.01. The Morgan fingerprint density at radius 3 is 2.48 bits per heavy atom. The molecule has 6 heteroatoms. The van der Waals surface area contributed by atoms with E-state index in [1.807, 2.05) is 13.0 Å². The second-order valence-corrected chi connectivity index (χ2v) is 4.96. The number of benzene rings is 1. The first-order valence-electron chi connectivity index (χ1n) is 6.43. The van der Waals surface area contributed by atoms with Crippen LogP contribution in [0.15, 0.2) is 28.6 Å². The highest BCUT2D eigenvalue weighted by Gasteiger charge is 2.29. The molecule has 0 unspecified atom stereocenters. The number of carbonyl (C=O) groups is 2. The van der Waals surface area contributed by atoms with Crippen LogP contribution in [0.25, 0.3) is 6.08 Å². The highest BCUT2D eigenvalue weighted by molar-refractivity contribution is 6.36. The number of ketones is 1. The molecule has 3 rings (SSSR count). The number of anilines is 1. The van der Waals surface area contributed by atoms with E-state index >= 15 is 0 Å². The van der Waals surface area contributed by atoms with Crippen molar-refractivity contribution >= 4 is 23.5 Å². The summed E-state index contributed by atoms with van der Waals surface area (Å²) in [6.45, 7) is 3.51. The van der Waals surface area contributed by atoms with Gasteiger partial charge in [-0.1, -0.05) is 12.1 Å². The first kappa shape index (κ1) is 13.1. The van der Waals surface area contributed by atoms with Crippen molar-refractivity contribution in [2.24, 2.45) is 0 Å². The Morgan fingerprint density at radius 2 is 1.81 bits per heavy atom. The Kier molecular flexibility index (Phi) is 2.86. The SMILES string of the molecule is Cc1cccc2c1NC(=O)/C(=C\c1c(C)[nH][nH]c1=O)C2=O. The normalized spacial score (nSPS) is 16.0. The van der Waals surface area contributed by atoms with Gasteiger partial charge in [0.25, 0.3) is 11.5 Å². The summed E-state index contributed by atoms with van der Waals surface area (Å²) in [5.74, 6) is -0.876. The minimum absolute atomic E-state index is 0.0405. The summed E-state index contributed by atoms with van der Waals surface area (Å²) < 4.78 is 0. The predicted octanol–water partition coefficient (Wildman–Crippen LogP) is 1.54. The van der Waals surface area contributed by atoms with Crippen LogP contribution in [0.4, 0.5) is 5.69 Å². The van der Waals surface area contributed by atoms with Crippen molar-refractivity contribution in [3.63, 3.8) is 0 Å². The van der Waals surface area contributed by atoms with Crippen LogP contribution in [0.2, 0.25) is 0 Å². The first-order chi connectivity index (χ1) is 9.99. The minimum Gasteiger partial charge on any atom is -0.321 e. The molecule has 0 spiro atoms. The summed E-state index contributed by atoms with van der Waals surface area (Å²) in [6.07, 6.45) is 1.33. The fourth-order valence-corrected chi connectivity index (χ4v) is 2.36. The van der Waals surface area contributed by atoms with Gasteiger partial charge in [-0.25, -0.2) is 0 Å². The molecule has 1 amide bonds. The van der Waals surface area contributed by atoms with Crippen molar-refractivity contribution in [1.29, 1.82) is 0 Å². The van der Waals surface area contributed by atoms with Gasteiger partial charge >= 0.3 is 0 Å². The van der Waals surface area contributed by atoms with Crippen LogP contribution < -0.4 is 10.9 Å². The molecule has 0 atom stereocenters. The van der Waals surface area contributed by atoms with Crippen molar-refractivity contribution in [2.45, 2.75) is 13.8 Å². The van der Waals surface area contributed by atoms with Crippen molar-refractivity contribution < 1.29 is 9.59 Å². The molecule has 1 aromatic carbocycles. The van der Waals surface area contributed by atoms with Gasteiger partial charge in [0.15, 0.2) is 0 Å². The third-order valence-corrected chi connectivity index (χ3v) is 3.55. The number of aryl methyl sites for hydroxylation is 2. The molecule has 6 nitrogen and oxygen atoms in total. The van der Waals surface area contributed by atoms with E-state index < -0.39 is 5.91 Å². The fraction of sp³-hybridized carbons (Fsp3) is 0.133. The molecule has 21 heavy (non-hydrogen) atoms. The lowest BCUT2D eigenvalue weighted by molar-refractivity contribution is -0.112. The average molecular weight is 283 g/mol. The van der Waals surface area contributed by atoms with Crippen LogP contribution in [0.3, 0.4) is 0 Å². The molecular formula is C15H13N3O3. The van der Waals surface area contributed by atoms with Crippen LogP contribution >= 0.6 is 0 Å². The third-order valence-electron chi connectivity index (χ3n) is 3.55. The van der Waals surface area contributed by atoms with Crippen LogP contribution in [0, 0.1) is 13.8 Å². The molecule has 0 saturated carbocycles. The number of rotatable bonds is 1. The van der Waals surface area contributed by atoms with Gasteiger partial charge in [-0.15, -0.1) is 0 Å². The fourth-order valence-electron chi connectivity index (χ4n) is 2.36. The van der Waals surface area contributed by atoms with Gasteiger partial charge in [-0.05, 0) is 31.6 Å². The molecule has 1 aromatic heterocycles. The maximum absolute atomic E-state index is 12.5. The summed E-state index contributed by atoms with van der Waals surface area (Å²) in [4.78, 5) is 36.3. The molecule has 106 valence electrons. The van der Waals surface area contributed by atoms with Gasteiger partial charge in [0.05, 0.1) is 16.8 Å². The standard InChI is InChI=1S/C15H13N3O3/c1-7-4-3-5-9-12(7)16-14(20)11(13(9)19)6-10-8(2)17-18-15(10)21/h3-6H,1-2H3,(H,16,20)(H2,17,18,21)/b11-6-. The Bertz CT molecular complexity index is 855. The van der Waals surface area contributed by atoms with Gasteiger partial charge in [-0.3, -0.25) is 19.5 Å². The smallest absolute Gasteiger partial charge is 0.271 e. The number of amides is 1. The van der Waals surface area contributed by atoms with E-state index in [1.54, 1.807) is 19.1 Å². The number of carbonyl (C=O) groups excluding carboxylic acids is 2. The van der Waals surface area contributed by atoms with E-state index in [-0.39, 0.29) is 22.5 Å². The lowest BCUT2D eigenvalue weighted by atomic mass is 9.93. The molecule has 0 bridgehead atoms. The van der Waals surface area contributed by atoms with E-state index in [1.165, 1.54) is 6.08 Å². The Labute approximate surface area is 119 Å². The number of fused-ring (bicyclic) bond motifs is 1. The van der Waals surface area contributed by atoms with Crippen molar-refractivity contribution in [3.05, 3.63) is 56.5 Å². The van der Waals surface area contributed by atoms with Crippen molar-refractivity contribution in [3.8, 4) is 0 Å². The summed E-state index contributed by atoms with van der Waals surface area (Å²) in [7, 11) is 0. The van der Waals surface area contributed by atoms with Crippen molar-refractivity contribution in [2.75, 3.05) is 5.32 Å². The zero-order valence-electron chi connectivity index (χ0n) is 11.5. The molecule has 0 radical (unpaired) electrons. The predicted molar refractivity (Wildman–Crippen MR) is 78.3 cm³/mol. The van der Waals surface area contributed by atoms with E-state index in [9.17, 15) is 14.4 Å². The first-order valence-corrected chi connectivity index (χ1v) is 6.43. The van der Waals surface area contributed by atoms with Gasteiger partial charge in [0.1, 0.15) is 0 Å². The monoisotopic (exact) mass is 283 g/mol. The number of H-pyrrole nitrogens is 2.